The number of aromatic nitrogens is 2. The largest absolute Gasteiger partial charge is 0.423 e. The Labute approximate surface area is 127 Å². The molecule has 0 spiro atoms. The normalized spacial score (nSPS) is 10.0. The Hall–Kier alpha value is -2.55. The van der Waals surface area contributed by atoms with E-state index in [0.29, 0.717) is 4.47 Å². The first-order chi connectivity index (χ1) is 9.95. The van der Waals surface area contributed by atoms with Gasteiger partial charge >= 0.3 is 17.7 Å². The fraction of sp³-hybridized carbons (Fsp3) is 0.0833. The third-order valence-corrected chi connectivity index (χ3v) is 2.68. The minimum atomic E-state index is -0.617. The lowest BCUT2D eigenvalue weighted by Gasteiger charge is -2.09. The molecule has 0 atom stereocenters. The maximum atomic E-state index is 11.0. The van der Waals surface area contributed by atoms with Gasteiger partial charge in [0.15, 0.2) is 11.5 Å². The second-order valence-corrected chi connectivity index (χ2v) is 4.68. The number of rotatable bonds is 4. The first-order valence-corrected chi connectivity index (χ1v) is 6.37. The van der Waals surface area contributed by atoms with Crippen LogP contribution in [0.4, 0.5) is 5.69 Å². The van der Waals surface area contributed by atoms with E-state index in [-0.39, 0.29) is 23.2 Å². The van der Waals surface area contributed by atoms with Gasteiger partial charge in [0, 0.05) is 11.4 Å². The predicted molar refractivity (Wildman–Crippen MR) is 74.2 cm³/mol. The second-order valence-electron chi connectivity index (χ2n) is 3.77. The summed E-state index contributed by atoms with van der Waals surface area (Å²) in [5, 5.41) is 10.5. The highest BCUT2D eigenvalue weighted by atomic mass is 79.9. The Bertz CT molecular complexity index is 690. The monoisotopic (exact) mass is 353 g/mol. The smallest absolute Gasteiger partial charge is 0.322 e. The molecule has 0 fully saturated rings. The van der Waals surface area contributed by atoms with Crippen molar-refractivity contribution in [1.82, 2.24) is 9.97 Å². The van der Waals surface area contributed by atoms with E-state index in [1.165, 1.54) is 6.92 Å². The van der Waals surface area contributed by atoms with E-state index >= 15 is 0 Å². The van der Waals surface area contributed by atoms with Crippen LogP contribution in [0.1, 0.15) is 6.92 Å². The summed E-state index contributed by atoms with van der Waals surface area (Å²) in [6.07, 6.45) is 2.04. The Morgan fingerprint density at radius 3 is 2.52 bits per heavy atom. The van der Waals surface area contributed by atoms with Crippen molar-refractivity contribution in [2.24, 2.45) is 0 Å². The van der Waals surface area contributed by atoms with Crippen LogP contribution in [0.3, 0.4) is 0 Å². The van der Waals surface area contributed by atoms with Gasteiger partial charge in [0.2, 0.25) is 0 Å². The van der Waals surface area contributed by atoms with Crippen LogP contribution in [-0.2, 0) is 4.79 Å². The molecule has 0 bridgehead atoms. The highest BCUT2D eigenvalue weighted by Crippen LogP contribution is 2.33. The SMILES string of the molecule is CC(=O)Oc1cc(Br)ccc1Oc1ncc([N+](=O)[O-])cn1. The summed E-state index contributed by atoms with van der Waals surface area (Å²) in [5.41, 5.74) is -0.252. The molecule has 0 saturated carbocycles. The van der Waals surface area contributed by atoms with E-state index in [1.807, 2.05) is 0 Å². The number of nitro groups is 1. The summed E-state index contributed by atoms with van der Waals surface area (Å²) in [5.74, 6) is -0.122. The van der Waals surface area contributed by atoms with E-state index in [0.717, 1.165) is 12.4 Å². The fourth-order valence-electron chi connectivity index (χ4n) is 1.36. The van der Waals surface area contributed by atoms with Crippen molar-refractivity contribution in [3.05, 3.63) is 45.2 Å². The Balaban J connectivity index is 2.26. The lowest BCUT2D eigenvalue weighted by molar-refractivity contribution is -0.385. The van der Waals surface area contributed by atoms with Gasteiger partial charge in [-0.25, -0.2) is 0 Å². The highest BCUT2D eigenvalue weighted by Gasteiger charge is 2.12. The lowest BCUT2D eigenvalue weighted by atomic mass is 10.3. The van der Waals surface area contributed by atoms with Gasteiger partial charge in [-0.05, 0) is 18.2 Å². The molecule has 0 unspecified atom stereocenters. The maximum Gasteiger partial charge on any atom is 0.322 e. The fourth-order valence-corrected chi connectivity index (χ4v) is 1.70. The van der Waals surface area contributed by atoms with E-state index in [4.69, 9.17) is 9.47 Å². The van der Waals surface area contributed by atoms with Crippen LogP contribution in [0, 0.1) is 10.1 Å². The zero-order chi connectivity index (χ0) is 15.4. The van der Waals surface area contributed by atoms with Crippen LogP contribution >= 0.6 is 15.9 Å². The number of hydrogen-bond acceptors (Lipinski definition) is 7. The topological polar surface area (TPSA) is 104 Å². The summed E-state index contributed by atoms with van der Waals surface area (Å²) in [4.78, 5) is 28.4. The zero-order valence-corrected chi connectivity index (χ0v) is 12.2. The van der Waals surface area contributed by atoms with Gasteiger partial charge in [-0.3, -0.25) is 14.9 Å². The molecule has 0 aliphatic heterocycles. The van der Waals surface area contributed by atoms with Crippen molar-refractivity contribution in [3.63, 3.8) is 0 Å². The molecular formula is C12H8BrN3O5. The summed E-state index contributed by atoms with van der Waals surface area (Å²) in [6, 6.07) is 4.67. The average molecular weight is 354 g/mol. The van der Waals surface area contributed by atoms with Crippen molar-refractivity contribution in [3.8, 4) is 17.5 Å². The molecule has 1 heterocycles. The molecule has 0 aliphatic rings. The third-order valence-electron chi connectivity index (χ3n) is 2.19. The number of ether oxygens (including phenoxy) is 2. The average Bonchev–Trinajstić information content (AvgIpc) is 2.42. The molecule has 0 aliphatic carbocycles. The number of esters is 1. The van der Waals surface area contributed by atoms with Gasteiger partial charge in [-0.15, -0.1) is 0 Å². The summed E-state index contributed by atoms with van der Waals surface area (Å²) in [7, 11) is 0. The Morgan fingerprint density at radius 1 is 1.29 bits per heavy atom. The maximum absolute atomic E-state index is 11.0. The van der Waals surface area contributed by atoms with Gasteiger partial charge in [0.25, 0.3) is 0 Å². The van der Waals surface area contributed by atoms with Crippen LogP contribution in [0.15, 0.2) is 35.1 Å². The Morgan fingerprint density at radius 2 is 1.95 bits per heavy atom. The molecule has 2 aromatic rings. The van der Waals surface area contributed by atoms with Gasteiger partial charge < -0.3 is 9.47 Å². The number of carbonyl (C=O) groups excluding carboxylic acids is 1. The summed E-state index contributed by atoms with van der Waals surface area (Å²) >= 11 is 3.24. The van der Waals surface area contributed by atoms with E-state index in [9.17, 15) is 14.9 Å². The third kappa shape index (κ3) is 3.96. The molecule has 9 heteroatoms. The number of benzene rings is 1. The zero-order valence-electron chi connectivity index (χ0n) is 10.6. The Kier molecular flexibility index (Phi) is 4.43. The molecule has 0 amide bonds. The minimum Gasteiger partial charge on any atom is -0.423 e. The molecule has 1 aromatic carbocycles. The van der Waals surface area contributed by atoms with Crippen molar-refractivity contribution in [2.45, 2.75) is 6.92 Å². The summed E-state index contributed by atoms with van der Waals surface area (Å²) < 4.78 is 11.1. The summed E-state index contributed by atoms with van der Waals surface area (Å²) in [6.45, 7) is 1.26. The molecule has 8 nitrogen and oxygen atoms in total. The molecule has 1 aromatic heterocycles. The minimum absolute atomic E-state index is 0.101. The molecule has 2 rings (SSSR count). The van der Waals surface area contributed by atoms with Gasteiger partial charge in [-0.2, -0.15) is 9.97 Å². The van der Waals surface area contributed by atoms with Crippen LogP contribution in [0.5, 0.6) is 17.5 Å². The molecular weight excluding hydrogens is 346 g/mol. The lowest BCUT2D eigenvalue weighted by Crippen LogP contribution is -2.03. The molecule has 21 heavy (non-hydrogen) atoms. The van der Waals surface area contributed by atoms with Crippen molar-refractivity contribution in [1.29, 1.82) is 0 Å². The highest BCUT2D eigenvalue weighted by molar-refractivity contribution is 9.10. The van der Waals surface area contributed by atoms with E-state index in [2.05, 4.69) is 25.9 Å². The first-order valence-electron chi connectivity index (χ1n) is 5.58. The standard InChI is InChI=1S/C12H8BrN3O5/c1-7(17)20-11-4-8(13)2-3-10(11)21-12-14-5-9(6-15-12)16(18)19/h2-6H,1H3. The van der Waals surface area contributed by atoms with Gasteiger partial charge in [-0.1, -0.05) is 15.9 Å². The van der Waals surface area contributed by atoms with E-state index in [1.54, 1.807) is 18.2 Å². The molecule has 0 saturated heterocycles. The molecule has 0 N–H and O–H groups in total. The van der Waals surface area contributed by atoms with Gasteiger partial charge in [0.05, 0.1) is 4.92 Å². The number of hydrogen-bond donors (Lipinski definition) is 0. The van der Waals surface area contributed by atoms with Crippen molar-refractivity contribution >= 4 is 27.6 Å². The second kappa shape index (κ2) is 6.27. The number of halogens is 1. The van der Waals surface area contributed by atoms with Crippen LogP contribution < -0.4 is 9.47 Å². The van der Waals surface area contributed by atoms with Crippen LogP contribution in [-0.4, -0.2) is 20.9 Å². The molecule has 108 valence electrons. The van der Waals surface area contributed by atoms with Crippen molar-refractivity contribution < 1.29 is 19.2 Å². The predicted octanol–water partition coefficient (Wildman–Crippen LogP) is 2.86. The quantitative estimate of drug-likeness (QED) is 0.360. The first kappa shape index (κ1) is 14.9. The van der Waals surface area contributed by atoms with Crippen LogP contribution in [0.25, 0.3) is 0 Å². The van der Waals surface area contributed by atoms with E-state index < -0.39 is 10.9 Å². The number of carbonyl (C=O) groups is 1. The van der Waals surface area contributed by atoms with Crippen LogP contribution in [0.2, 0.25) is 0 Å². The van der Waals surface area contributed by atoms with Gasteiger partial charge in [0.1, 0.15) is 12.4 Å². The van der Waals surface area contributed by atoms with Crippen molar-refractivity contribution in [2.75, 3.05) is 0 Å². The molecule has 0 radical (unpaired) electrons. The number of nitrogens with zero attached hydrogens (tertiary/aromatic N) is 3.